The third kappa shape index (κ3) is 3.42. The fourth-order valence-electron chi connectivity index (χ4n) is 3.96. The minimum Gasteiger partial charge on any atom is -0.450 e. The molecule has 27 heavy (non-hydrogen) atoms. The molecule has 0 saturated heterocycles. The largest absolute Gasteiger partial charge is 0.450 e. The van der Waals surface area contributed by atoms with Crippen LogP contribution in [0.3, 0.4) is 0 Å². The zero-order valence-corrected chi connectivity index (χ0v) is 15.9. The van der Waals surface area contributed by atoms with Crippen molar-refractivity contribution in [2.45, 2.75) is 39.8 Å². The van der Waals surface area contributed by atoms with Gasteiger partial charge in [-0.1, -0.05) is 17.7 Å². The summed E-state index contributed by atoms with van der Waals surface area (Å²) >= 11 is 0. The number of amides is 1. The second-order valence-corrected chi connectivity index (χ2v) is 7.04. The summed E-state index contributed by atoms with van der Waals surface area (Å²) in [5, 5.41) is 1.25. The van der Waals surface area contributed by atoms with Crippen LogP contribution >= 0.6 is 0 Å². The monoisotopic (exact) mass is 363 g/mol. The summed E-state index contributed by atoms with van der Waals surface area (Å²) in [7, 11) is 0. The van der Waals surface area contributed by atoms with Gasteiger partial charge in [-0.05, 0) is 38.1 Å². The number of aryl methyl sites for hydroxylation is 3. The van der Waals surface area contributed by atoms with E-state index in [2.05, 4.69) is 40.7 Å². The lowest BCUT2D eigenvalue weighted by Crippen LogP contribution is -2.36. The van der Waals surface area contributed by atoms with Gasteiger partial charge in [-0.25, -0.2) is 4.79 Å². The lowest BCUT2D eigenvalue weighted by Gasteiger charge is -2.27. The highest BCUT2D eigenvalue weighted by Crippen LogP contribution is 2.32. The fraction of sp³-hybridized carbons (Fsp3) is 0.364. The molecule has 2 aromatic heterocycles. The Morgan fingerprint density at radius 3 is 2.93 bits per heavy atom. The van der Waals surface area contributed by atoms with Gasteiger partial charge in [0.15, 0.2) is 0 Å². The highest BCUT2D eigenvalue weighted by molar-refractivity contribution is 5.87. The molecule has 5 nitrogen and oxygen atoms in total. The topological polar surface area (TPSA) is 47.4 Å². The number of hydrogen-bond donors (Lipinski definition) is 0. The predicted molar refractivity (Wildman–Crippen MR) is 106 cm³/mol. The van der Waals surface area contributed by atoms with Crippen molar-refractivity contribution >= 4 is 17.0 Å². The lowest BCUT2D eigenvalue weighted by molar-refractivity contribution is 0.102. The van der Waals surface area contributed by atoms with Crippen LogP contribution in [0.15, 0.2) is 42.6 Å². The molecule has 0 spiro atoms. The second kappa shape index (κ2) is 7.43. The lowest BCUT2D eigenvalue weighted by atomic mass is 10.0. The van der Waals surface area contributed by atoms with Crippen molar-refractivity contribution < 1.29 is 9.53 Å². The summed E-state index contributed by atoms with van der Waals surface area (Å²) in [5.74, 6) is 0. The van der Waals surface area contributed by atoms with Crippen LogP contribution < -0.4 is 0 Å². The highest BCUT2D eigenvalue weighted by atomic mass is 16.6. The molecular formula is C22H25N3O2. The summed E-state index contributed by atoms with van der Waals surface area (Å²) in [5.41, 5.74) is 6.18. The van der Waals surface area contributed by atoms with E-state index in [-0.39, 0.29) is 6.09 Å². The van der Waals surface area contributed by atoms with Crippen molar-refractivity contribution in [3.8, 4) is 0 Å². The van der Waals surface area contributed by atoms with Gasteiger partial charge in [0.25, 0.3) is 0 Å². The molecule has 1 amide bonds. The molecule has 4 rings (SSSR count). The maximum absolute atomic E-state index is 12.2. The maximum atomic E-state index is 12.2. The Bertz CT molecular complexity index is 963. The average Bonchev–Trinajstić information content (AvgIpc) is 2.99. The van der Waals surface area contributed by atoms with Crippen LogP contribution in [0.2, 0.25) is 0 Å². The molecule has 0 radical (unpaired) electrons. The smallest absolute Gasteiger partial charge is 0.410 e. The SMILES string of the molecule is CCOC(=O)N1CCc2c(c3cc(C)ccc3n2CCc2ccccn2)C1. The van der Waals surface area contributed by atoms with Crippen LogP contribution in [0.1, 0.15) is 29.4 Å². The summed E-state index contributed by atoms with van der Waals surface area (Å²) < 4.78 is 7.63. The van der Waals surface area contributed by atoms with Crippen LogP contribution in [0, 0.1) is 6.92 Å². The van der Waals surface area contributed by atoms with Gasteiger partial charge in [0.05, 0.1) is 13.2 Å². The summed E-state index contributed by atoms with van der Waals surface area (Å²) in [4.78, 5) is 18.5. The number of aromatic nitrogens is 2. The van der Waals surface area contributed by atoms with E-state index in [4.69, 9.17) is 4.74 Å². The number of fused-ring (bicyclic) bond motifs is 3. The van der Waals surface area contributed by atoms with E-state index in [1.54, 1.807) is 0 Å². The maximum Gasteiger partial charge on any atom is 0.410 e. The van der Waals surface area contributed by atoms with Crippen molar-refractivity contribution in [1.29, 1.82) is 0 Å². The molecule has 1 aliphatic heterocycles. The van der Waals surface area contributed by atoms with Gasteiger partial charge in [0.1, 0.15) is 0 Å². The van der Waals surface area contributed by atoms with Crippen LogP contribution in [0.5, 0.6) is 0 Å². The molecule has 140 valence electrons. The standard InChI is InChI=1S/C22H25N3O2/c1-3-27-22(26)24-12-10-21-19(15-24)18-14-16(2)7-8-20(18)25(21)13-9-17-6-4-5-11-23-17/h4-8,11,14H,3,9-10,12-13,15H2,1-2H3. The number of ether oxygens (including phenoxy) is 1. The van der Waals surface area contributed by atoms with Gasteiger partial charge >= 0.3 is 6.09 Å². The van der Waals surface area contributed by atoms with Crippen molar-refractivity contribution in [2.75, 3.05) is 13.2 Å². The Morgan fingerprint density at radius 2 is 2.15 bits per heavy atom. The first-order chi connectivity index (χ1) is 13.2. The second-order valence-electron chi connectivity index (χ2n) is 7.04. The quantitative estimate of drug-likeness (QED) is 0.701. The normalized spacial score (nSPS) is 13.6. The molecule has 1 aromatic carbocycles. The Morgan fingerprint density at radius 1 is 1.26 bits per heavy atom. The van der Waals surface area contributed by atoms with E-state index >= 15 is 0 Å². The van der Waals surface area contributed by atoms with E-state index in [9.17, 15) is 4.79 Å². The first-order valence-electron chi connectivity index (χ1n) is 9.59. The fourth-order valence-corrected chi connectivity index (χ4v) is 3.96. The third-order valence-corrected chi connectivity index (χ3v) is 5.25. The third-order valence-electron chi connectivity index (χ3n) is 5.25. The molecule has 0 bridgehead atoms. The number of benzene rings is 1. The number of carbonyl (C=O) groups excluding carboxylic acids is 1. The summed E-state index contributed by atoms with van der Waals surface area (Å²) in [6.45, 7) is 6.58. The van der Waals surface area contributed by atoms with E-state index in [0.29, 0.717) is 19.7 Å². The van der Waals surface area contributed by atoms with Crippen LogP contribution in [0.4, 0.5) is 4.79 Å². The highest BCUT2D eigenvalue weighted by Gasteiger charge is 2.27. The minimum atomic E-state index is -0.217. The Labute approximate surface area is 159 Å². The molecule has 0 atom stereocenters. The van der Waals surface area contributed by atoms with Crippen molar-refractivity contribution in [1.82, 2.24) is 14.5 Å². The number of pyridine rings is 1. The molecule has 0 fully saturated rings. The number of rotatable bonds is 4. The number of nitrogens with zero attached hydrogens (tertiary/aromatic N) is 3. The van der Waals surface area contributed by atoms with Gasteiger partial charge in [-0.2, -0.15) is 0 Å². The van der Waals surface area contributed by atoms with Gasteiger partial charge in [-0.15, -0.1) is 0 Å². The first kappa shape index (κ1) is 17.6. The van der Waals surface area contributed by atoms with E-state index in [0.717, 1.165) is 25.1 Å². The molecule has 0 unspecified atom stereocenters. The molecule has 1 aliphatic rings. The van der Waals surface area contributed by atoms with Crippen molar-refractivity contribution in [3.63, 3.8) is 0 Å². The molecule has 3 aromatic rings. The van der Waals surface area contributed by atoms with E-state index in [1.165, 1.54) is 27.7 Å². The molecule has 0 N–H and O–H groups in total. The van der Waals surface area contributed by atoms with Crippen molar-refractivity contribution in [3.05, 3.63) is 65.1 Å². The van der Waals surface area contributed by atoms with E-state index in [1.807, 2.05) is 30.2 Å². The Kier molecular flexibility index (Phi) is 4.84. The zero-order valence-electron chi connectivity index (χ0n) is 15.9. The average molecular weight is 363 g/mol. The van der Waals surface area contributed by atoms with Crippen LogP contribution in [-0.4, -0.2) is 33.7 Å². The Balaban J connectivity index is 1.69. The van der Waals surface area contributed by atoms with Gasteiger partial charge in [0, 0.05) is 60.0 Å². The molecule has 3 heterocycles. The van der Waals surface area contributed by atoms with Gasteiger partial charge in [-0.3, -0.25) is 4.98 Å². The zero-order chi connectivity index (χ0) is 18.8. The van der Waals surface area contributed by atoms with Crippen LogP contribution in [0.25, 0.3) is 10.9 Å². The summed E-state index contributed by atoms with van der Waals surface area (Å²) in [6, 6.07) is 12.7. The minimum absolute atomic E-state index is 0.217. The predicted octanol–water partition coefficient (Wildman–Crippen LogP) is 4.10. The molecular weight excluding hydrogens is 338 g/mol. The Hall–Kier alpha value is -2.82. The molecule has 0 aliphatic carbocycles. The number of hydrogen-bond acceptors (Lipinski definition) is 3. The van der Waals surface area contributed by atoms with E-state index < -0.39 is 0 Å². The van der Waals surface area contributed by atoms with Gasteiger partial charge in [0.2, 0.25) is 0 Å². The number of carbonyl (C=O) groups is 1. The van der Waals surface area contributed by atoms with Crippen molar-refractivity contribution in [2.24, 2.45) is 0 Å². The summed E-state index contributed by atoms with van der Waals surface area (Å²) in [6.07, 6.45) is 3.38. The molecule has 0 saturated carbocycles. The van der Waals surface area contributed by atoms with Crippen LogP contribution in [-0.2, 0) is 30.7 Å². The van der Waals surface area contributed by atoms with Gasteiger partial charge < -0.3 is 14.2 Å². The molecule has 5 heteroatoms. The first-order valence-corrected chi connectivity index (χ1v) is 9.59.